The number of aromatic amines is 1. The van der Waals surface area contributed by atoms with E-state index in [1.165, 1.54) is 11.1 Å². The largest absolute Gasteiger partial charge is 0.446 e. The summed E-state index contributed by atoms with van der Waals surface area (Å²) in [5.74, 6) is 0.118. The van der Waals surface area contributed by atoms with Gasteiger partial charge in [0, 0.05) is 46.7 Å². The van der Waals surface area contributed by atoms with E-state index < -0.39 is 6.23 Å². The maximum atomic E-state index is 13.1. The van der Waals surface area contributed by atoms with Gasteiger partial charge in [-0.05, 0) is 29.8 Å². The molecule has 3 heterocycles. The number of nitrogens with zero attached hydrogens (tertiary/aromatic N) is 3. The predicted molar refractivity (Wildman–Crippen MR) is 115 cm³/mol. The molecule has 0 radical (unpaired) electrons. The lowest BCUT2D eigenvalue weighted by Gasteiger charge is -2.18. The Kier molecular flexibility index (Phi) is 4.57. The SMILES string of the molecule is O=C(/C=C\c1ccccc1)N1N=C(c2ccncc2)OC1c1c[nH]c2ccccc12. The minimum absolute atomic E-state index is 0.266. The van der Waals surface area contributed by atoms with Crippen LogP contribution in [0.15, 0.2) is 96.5 Å². The number of aromatic nitrogens is 2. The number of carbonyl (C=O) groups excluding carboxylic acids is 1. The Morgan fingerprint density at radius 2 is 1.77 bits per heavy atom. The van der Waals surface area contributed by atoms with Gasteiger partial charge in [0.1, 0.15) is 0 Å². The molecule has 6 heteroatoms. The molecule has 1 atom stereocenters. The highest BCUT2D eigenvalue weighted by atomic mass is 16.5. The van der Waals surface area contributed by atoms with Crippen LogP contribution in [0.25, 0.3) is 17.0 Å². The Morgan fingerprint density at radius 3 is 2.60 bits per heavy atom. The standard InChI is InChI=1S/C24H18N4O2/c29-22(11-10-17-6-2-1-3-7-17)28-24(20-16-26-21-9-5-4-8-19(20)21)30-23(27-28)18-12-14-25-15-13-18/h1-16,24,26H/b11-10-. The zero-order chi connectivity index (χ0) is 20.3. The summed E-state index contributed by atoms with van der Waals surface area (Å²) < 4.78 is 6.16. The first kappa shape index (κ1) is 17.9. The zero-order valence-corrected chi connectivity index (χ0v) is 16.0. The fourth-order valence-corrected chi connectivity index (χ4v) is 3.42. The first-order chi connectivity index (χ1) is 14.8. The number of hydrogen-bond donors (Lipinski definition) is 1. The molecule has 0 bridgehead atoms. The molecule has 1 unspecified atom stereocenters. The van der Waals surface area contributed by atoms with Crippen molar-refractivity contribution in [3.05, 3.63) is 108 Å². The Bertz CT molecular complexity index is 1250. The molecule has 30 heavy (non-hydrogen) atoms. The van der Waals surface area contributed by atoms with Crippen LogP contribution in [-0.2, 0) is 9.53 Å². The van der Waals surface area contributed by atoms with Crippen LogP contribution >= 0.6 is 0 Å². The van der Waals surface area contributed by atoms with E-state index in [0.29, 0.717) is 5.90 Å². The lowest BCUT2D eigenvalue weighted by atomic mass is 10.1. The van der Waals surface area contributed by atoms with Crippen molar-refractivity contribution in [2.24, 2.45) is 5.10 Å². The van der Waals surface area contributed by atoms with Gasteiger partial charge in [0.05, 0.1) is 0 Å². The van der Waals surface area contributed by atoms with E-state index >= 15 is 0 Å². The maximum absolute atomic E-state index is 13.1. The van der Waals surface area contributed by atoms with Crippen LogP contribution < -0.4 is 0 Å². The lowest BCUT2D eigenvalue weighted by Crippen LogP contribution is -2.26. The second kappa shape index (κ2) is 7.67. The summed E-state index contributed by atoms with van der Waals surface area (Å²) >= 11 is 0. The molecule has 0 aliphatic carbocycles. The summed E-state index contributed by atoms with van der Waals surface area (Å²) in [5, 5.41) is 6.86. The Labute approximate surface area is 173 Å². The number of fused-ring (bicyclic) bond motifs is 1. The zero-order valence-electron chi connectivity index (χ0n) is 16.0. The van der Waals surface area contributed by atoms with Crippen molar-refractivity contribution in [1.29, 1.82) is 0 Å². The predicted octanol–water partition coefficient (Wildman–Crippen LogP) is 4.50. The van der Waals surface area contributed by atoms with Crippen LogP contribution in [-0.4, -0.2) is 26.8 Å². The van der Waals surface area contributed by atoms with Crippen LogP contribution in [0, 0.1) is 0 Å². The summed E-state index contributed by atoms with van der Waals surface area (Å²) in [5.41, 5.74) is 3.52. The number of H-pyrrole nitrogens is 1. The van der Waals surface area contributed by atoms with Gasteiger partial charge in [0.15, 0.2) is 0 Å². The van der Waals surface area contributed by atoms with Crippen LogP contribution in [0.1, 0.15) is 22.9 Å². The third kappa shape index (κ3) is 3.35. The summed E-state index contributed by atoms with van der Waals surface area (Å²) in [7, 11) is 0. The minimum Gasteiger partial charge on any atom is -0.446 e. The maximum Gasteiger partial charge on any atom is 0.270 e. The highest BCUT2D eigenvalue weighted by Crippen LogP contribution is 2.34. The average molecular weight is 394 g/mol. The molecular formula is C24H18N4O2. The monoisotopic (exact) mass is 394 g/mol. The number of carbonyl (C=O) groups is 1. The molecule has 1 aliphatic heterocycles. The summed E-state index contributed by atoms with van der Waals surface area (Å²) in [6, 6.07) is 21.2. The van der Waals surface area contributed by atoms with E-state index in [1.54, 1.807) is 30.6 Å². The molecular weight excluding hydrogens is 376 g/mol. The molecule has 1 amide bonds. The van der Waals surface area contributed by atoms with E-state index in [4.69, 9.17) is 4.74 Å². The van der Waals surface area contributed by atoms with Gasteiger partial charge in [-0.3, -0.25) is 9.78 Å². The third-order valence-electron chi connectivity index (χ3n) is 4.90. The van der Waals surface area contributed by atoms with E-state index in [-0.39, 0.29) is 5.91 Å². The molecule has 1 N–H and O–H groups in total. The van der Waals surface area contributed by atoms with Gasteiger partial charge in [-0.1, -0.05) is 48.5 Å². The van der Waals surface area contributed by atoms with Crippen molar-refractivity contribution < 1.29 is 9.53 Å². The first-order valence-corrected chi connectivity index (χ1v) is 9.57. The van der Waals surface area contributed by atoms with Gasteiger partial charge in [0.25, 0.3) is 5.91 Å². The third-order valence-corrected chi connectivity index (χ3v) is 4.90. The molecule has 2 aromatic heterocycles. The van der Waals surface area contributed by atoms with Gasteiger partial charge in [-0.15, -0.1) is 5.10 Å². The topological polar surface area (TPSA) is 70.6 Å². The summed E-state index contributed by atoms with van der Waals surface area (Å²) in [6.07, 6.45) is 7.82. The van der Waals surface area contributed by atoms with Gasteiger partial charge >= 0.3 is 0 Å². The molecule has 2 aromatic carbocycles. The van der Waals surface area contributed by atoms with Crippen LogP contribution in [0.3, 0.4) is 0 Å². The van der Waals surface area contributed by atoms with Crippen molar-refractivity contribution in [3.63, 3.8) is 0 Å². The second-order valence-electron chi connectivity index (χ2n) is 6.83. The quantitative estimate of drug-likeness (QED) is 0.518. The number of benzene rings is 2. The summed E-state index contributed by atoms with van der Waals surface area (Å²) in [4.78, 5) is 20.3. The van der Waals surface area contributed by atoms with E-state index in [9.17, 15) is 4.79 Å². The Balaban J connectivity index is 1.52. The molecule has 0 fully saturated rings. The molecule has 5 rings (SSSR count). The van der Waals surface area contributed by atoms with Crippen molar-refractivity contribution in [3.8, 4) is 0 Å². The van der Waals surface area contributed by atoms with E-state index in [2.05, 4.69) is 15.1 Å². The molecule has 4 aromatic rings. The molecule has 0 saturated carbocycles. The number of pyridine rings is 1. The minimum atomic E-state index is -0.669. The van der Waals surface area contributed by atoms with Gasteiger partial charge in [-0.25, -0.2) is 0 Å². The second-order valence-corrected chi connectivity index (χ2v) is 6.83. The molecule has 0 saturated heterocycles. The van der Waals surface area contributed by atoms with Crippen molar-refractivity contribution >= 4 is 28.8 Å². The number of para-hydroxylation sites is 1. The van der Waals surface area contributed by atoms with Crippen LogP contribution in [0.2, 0.25) is 0 Å². The van der Waals surface area contributed by atoms with Gasteiger partial charge < -0.3 is 9.72 Å². The van der Waals surface area contributed by atoms with Gasteiger partial charge in [-0.2, -0.15) is 5.01 Å². The van der Waals surface area contributed by atoms with Crippen LogP contribution in [0.4, 0.5) is 0 Å². The number of hydrazone groups is 1. The van der Waals surface area contributed by atoms with Crippen molar-refractivity contribution in [2.75, 3.05) is 0 Å². The lowest BCUT2D eigenvalue weighted by molar-refractivity contribution is -0.132. The fraction of sp³-hybridized carbons (Fsp3) is 0.0417. The van der Waals surface area contributed by atoms with Gasteiger partial charge in [0.2, 0.25) is 12.1 Å². The highest BCUT2D eigenvalue weighted by Gasteiger charge is 2.35. The highest BCUT2D eigenvalue weighted by molar-refractivity contribution is 5.99. The van der Waals surface area contributed by atoms with Crippen LogP contribution in [0.5, 0.6) is 0 Å². The number of nitrogens with one attached hydrogen (secondary N) is 1. The smallest absolute Gasteiger partial charge is 0.270 e. The number of hydrogen-bond acceptors (Lipinski definition) is 4. The Morgan fingerprint density at radius 1 is 1.00 bits per heavy atom. The molecule has 146 valence electrons. The summed E-state index contributed by atoms with van der Waals surface area (Å²) in [6.45, 7) is 0. The van der Waals surface area contributed by atoms with E-state index in [0.717, 1.165) is 27.6 Å². The fourth-order valence-electron chi connectivity index (χ4n) is 3.42. The van der Waals surface area contributed by atoms with Crippen molar-refractivity contribution in [2.45, 2.75) is 6.23 Å². The number of rotatable bonds is 4. The average Bonchev–Trinajstić information content (AvgIpc) is 3.43. The normalized spacial score (nSPS) is 16.1. The Hall–Kier alpha value is -4.19. The first-order valence-electron chi connectivity index (χ1n) is 9.57. The van der Waals surface area contributed by atoms with E-state index in [1.807, 2.05) is 60.8 Å². The molecule has 1 aliphatic rings. The number of amides is 1. The molecule has 0 spiro atoms. The van der Waals surface area contributed by atoms with Crippen molar-refractivity contribution in [1.82, 2.24) is 15.0 Å². The number of ether oxygens (including phenoxy) is 1. The molecule has 6 nitrogen and oxygen atoms in total.